The topological polar surface area (TPSA) is 76.7 Å². The Labute approximate surface area is 130 Å². The van der Waals surface area contributed by atoms with Gasteiger partial charge in [0.2, 0.25) is 0 Å². The number of amides is 1. The number of carbonyl (C=O) groups excluding carboxylic acids is 1. The SMILES string of the molecule is COc1ccc(/C=N/NC(=O)c2ccccc2N)cc1Br. The summed E-state index contributed by atoms with van der Waals surface area (Å²) in [5.41, 5.74) is 9.80. The maximum absolute atomic E-state index is 11.9. The minimum atomic E-state index is -0.350. The van der Waals surface area contributed by atoms with Gasteiger partial charge in [-0.3, -0.25) is 4.79 Å². The van der Waals surface area contributed by atoms with Gasteiger partial charge >= 0.3 is 0 Å². The van der Waals surface area contributed by atoms with Crippen molar-refractivity contribution >= 4 is 33.7 Å². The number of nitrogens with one attached hydrogen (secondary N) is 1. The van der Waals surface area contributed by atoms with Crippen molar-refractivity contribution < 1.29 is 9.53 Å². The molecule has 1 amide bonds. The number of nitrogens with zero attached hydrogens (tertiary/aromatic N) is 1. The van der Waals surface area contributed by atoms with Crippen LogP contribution in [0.1, 0.15) is 15.9 Å². The minimum absolute atomic E-state index is 0.350. The molecule has 6 heteroatoms. The number of para-hydroxylation sites is 1. The van der Waals surface area contributed by atoms with Gasteiger partial charge in [0.25, 0.3) is 5.91 Å². The van der Waals surface area contributed by atoms with Crippen LogP contribution < -0.4 is 15.9 Å². The second kappa shape index (κ2) is 6.90. The van der Waals surface area contributed by atoms with Gasteiger partial charge in [-0.05, 0) is 51.8 Å². The first-order valence-electron chi connectivity index (χ1n) is 6.13. The van der Waals surface area contributed by atoms with E-state index in [0.717, 1.165) is 15.8 Å². The lowest BCUT2D eigenvalue weighted by atomic mass is 10.2. The van der Waals surface area contributed by atoms with E-state index >= 15 is 0 Å². The molecule has 0 aliphatic heterocycles. The first kappa shape index (κ1) is 15.1. The van der Waals surface area contributed by atoms with Crippen molar-refractivity contribution in [2.45, 2.75) is 0 Å². The molecule has 0 spiro atoms. The summed E-state index contributed by atoms with van der Waals surface area (Å²) in [6.45, 7) is 0. The number of hydrogen-bond donors (Lipinski definition) is 2. The van der Waals surface area contributed by atoms with Crippen LogP contribution in [0.5, 0.6) is 5.75 Å². The smallest absolute Gasteiger partial charge is 0.273 e. The third-order valence-corrected chi connectivity index (χ3v) is 3.38. The van der Waals surface area contributed by atoms with E-state index in [1.165, 1.54) is 0 Å². The van der Waals surface area contributed by atoms with Crippen LogP contribution in [-0.4, -0.2) is 19.2 Å². The summed E-state index contributed by atoms with van der Waals surface area (Å²) in [5.74, 6) is 0.380. The van der Waals surface area contributed by atoms with E-state index in [1.807, 2.05) is 18.2 Å². The fraction of sp³-hybridized carbons (Fsp3) is 0.0667. The minimum Gasteiger partial charge on any atom is -0.496 e. The standard InChI is InChI=1S/C15H14BrN3O2/c1-21-14-7-6-10(8-12(14)16)9-18-19-15(20)11-4-2-3-5-13(11)17/h2-9H,17H2,1H3,(H,19,20)/b18-9+. The van der Waals surface area contributed by atoms with Crippen LogP contribution in [-0.2, 0) is 0 Å². The zero-order valence-electron chi connectivity index (χ0n) is 11.3. The van der Waals surface area contributed by atoms with Crippen molar-refractivity contribution in [1.82, 2.24) is 5.43 Å². The van der Waals surface area contributed by atoms with E-state index in [4.69, 9.17) is 10.5 Å². The monoisotopic (exact) mass is 347 g/mol. The fourth-order valence-electron chi connectivity index (χ4n) is 1.69. The molecule has 0 aromatic heterocycles. The predicted octanol–water partition coefficient (Wildman–Crippen LogP) is 2.80. The molecule has 0 aliphatic carbocycles. The summed E-state index contributed by atoms with van der Waals surface area (Å²) in [6, 6.07) is 12.3. The van der Waals surface area contributed by atoms with Crippen LogP contribution in [0, 0.1) is 0 Å². The fourth-order valence-corrected chi connectivity index (χ4v) is 2.25. The Morgan fingerprint density at radius 1 is 1.33 bits per heavy atom. The van der Waals surface area contributed by atoms with E-state index in [1.54, 1.807) is 37.6 Å². The molecular weight excluding hydrogens is 334 g/mol. The first-order valence-corrected chi connectivity index (χ1v) is 6.92. The number of anilines is 1. The summed E-state index contributed by atoms with van der Waals surface area (Å²) in [5, 5.41) is 3.91. The number of ether oxygens (including phenoxy) is 1. The largest absolute Gasteiger partial charge is 0.496 e. The van der Waals surface area contributed by atoms with E-state index in [2.05, 4.69) is 26.5 Å². The van der Waals surface area contributed by atoms with Gasteiger partial charge in [0, 0.05) is 5.69 Å². The molecule has 3 N–H and O–H groups in total. The van der Waals surface area contributed by atoms with Gasteiger partial charge < -0.3 is 10.5 Å². The summed E-state index contributed by atoms with van der Waals surface area (Å²) in [7, 11) is 1.60. The number of rotatable bonds is 4. The van der Waals surface area contributed by atoms with Gasteiger partial charge in [-0.15, -0.1) is 0 Å². The van der Waals surface area contributed by atoms with Crippen LogP contribution in [0.4, 0.5) is 5.69 Å². The lowest BCUT2D eigenvalue weighted by Crippen LogP contribution is -2.18. The van der Waals surface area contributed by atoms with Gasteiger partial charge in [-0.1, -0.05) is 12.1 Å². The highest BCUT2D eigenvalue weighted by atomic mass is 79.9. The van der Waals surface area contributed by atoms with E-state index in [-0.39, 0.29) is 5.91 Å². The average molecular weight is 348 g/mol. The van der Waals surface area contributed by atoms with Crippen molar-refractivity contribution in [3.05, 3.63) is 58.1 Å². The number of hydrogen-bond acceptors (Lipinski definition) is 4. The highest BCUT2D eigenvalue weighted by molar-refractivity contribution is 9.10. The zero-order valence-corrected chi connectivity index (χ0v) is 12.9. The van der Waals surface area contributed by atoms with Crippen LogP contribution in [0.15, 0.2) is 52.0 Å². The van der Waals surface area contributed by atoms with Gasteiger partial charge in [-0.2, -0.15) is 5.10 Å². The highest BCUT2D eigenvalue weighted by Gasteiger charge is 2.07. The molecule has 108 valence electrons. The van der Waals surface area contributed by atoms with Crippen LogP contribution >= 0.6 is 15.9 Å². The molecule has 21 heavy (non-hydrogen) atoms. The second-order valence-corrected chi connectivity index (χ2v) is 5.03. The average Bonchev–Trinajstić information content (AvgIpc) is 2.48. The number of nitrogen functional groups attached to an aromatic ring is 1. The molecule has 0 atom stereocenters. The quantitative estimate of drug-likeness (QED) is 0.507. The Balaban J connectivity index is 2.04. The van der Waals surface area contributed by atoms with Crippen molar-refractivity contribution in [2.75, 3.05) is 12.8 Å². The molecule has 2 aromatic carbocycles. The van der Waals surface area contributed by atoms with E-state index in [9.17, 15) is 4.79 Å². The zero-order chi connectivity index (χ0) is 15.2. The number of nitrogens with two attached hydrogens (primary N) is 1. The van der Waals surface area contributed by atoms with Crippen LogP contribution in [0.2, 0.25) is 0 Å². The normalized spacial score (nSPS) is 10.6. The number of carbonyl (C=O) groups is 1. The summed E-state index contributed by atoms with van der Waals surface area (Å²) in [4.78, 5) is 11.9. The second-order valence-electron chi connectivity index (χ2n) is 4.18. The molecule has 0 saturated heterocycles. The summed E-state index contributed by atoms with van der Waals surface area (Å²) < 4.78 is 5.95. The number of methoxy groups -OCH3 is 1. The molecule has 0 unspecified atom stereocenters. The predicted molar refractivity (Wildman–Crippen MR) is 86.6 cm³/mol. The summed E-state index contributed by atoms with van der Waals surface area (Å²) >= 11 is 3.38. The van der Waals surface area contributed by atoms with Crippen LogP contribution in [0.3, 0.4) is 0 Å². The molecule has 2 aromatic rings. The van der Waals surface area contributed by atoms with Gasteiger partial charge in [0.15, 0.2) is 0 Å². The van der Waals surface area contributed by atoms with Gasteiger partial charge in [-0.25, -0.2) is 5.43 Å². The maximum atomic E-state index is 11.9. The Hall–Kier alpha value is -2.34. The molecule has 0 heterocycles. The molecule has 0 radical (unpaired) electrons. The highest BCUT2D eigenvalue weighted by Crippen LogP contribution is 2.24. The first-order chi connectivity index (χ1) is 10.1. The molecule has 2 rings (SSSR count). The van der Waals surface area contributed by atoms with Gasteiger partial charge in [0.05, 0.1) is 23.4 Å². The van der Waals surface area contributed by atoms with Crippen molar-refractivity contribution in [2.24, 2.45) is 5.10 Å². The lowest BCUT2D eigenvalue weighted by molar-refractivity contribution is 0.0956. The Morgan fingerprint density at radius 2 is 2.10 bits per heavy atom. The Morgan fingerprint density at radius 3 is 2.76 bits per heavy atom. The van der Waals surface area contributed by atoms with Crippen molar-refractivity contribution in [1.29, 1.82) is 0 Å². The van der Waals surface area contributed by atoms with Crippen molar-refractivity contribution in [3.8, 4) is 5.75 Å². The summed E-state index contributed by atoms with van der Waals surface area (Å²) in [6.07, 6.45) is 1.54. The third kappa shape index (κ3) is 3.82. The van der Waals surface area contributed by atoms with Gasteiger partial charge in [0.1, 0.15) is 5.75 Å². The lowest BCUT2D eigenvalue weighted by Gasteiger charge is -2.04. The van der Waals surface area contributed by atoms with E-state index < -0.39 is 0 Å². The molecule has 0 saturated carbocycles. The molecule has 0 aliphatic rings. The Kier molecular flexibility index (Phi) is 4.94. The number of benzene rings is 2. The van der Waals surface area contributed by atoms with E-state index in [0.29, 0.717) is 11.3 Å². The maximum Gasteiger partial charge on any atom is 0.273 e. The Bertz CT molecular complexity index is 686. The number of halogens is 1. The molecule has 0 bridgehead atoms. The van der Waals surface area contributed by atoms with Crippen molar-refractivity contribution in [3.63, 3.8) is 0 Å². The van der Waals surface area contributed by atoms with Crippen LogP contribution in [0.25, 0.3) is 0 Å². The molecular formula is C15H14BrN3O2. The number of hydrazone groups is 1. The molecule has 5 nitrogen and oxygen atoms in total. The molecule has 0 fully saturated rings. The third-order valence-electron chi connectivity index (χ3n) is 2.76.